The van der Waals surface area contributed by atoms with Crippen LogP contribution in [0.2, 0.25) is 0 Å². The Balaban J connectivity index is 1.73. The van der Waals surface area contributed by atoms with E-state index in [2.05, 4.69) is 17.1 Å². The molecular weight excluding hydrogens is 276 g/mol. The number of fused-ring (bicyclic) bond motifs is 1. The Bertz CT molecular complexity index is 660. The lowest BCUT2D eigenvalue weighted by molar-refractivity contribution is 0.302. The van der Waals surface area contributed by atoms with E-state index in [0.29, 0.717) is 30.4 Å². The van der Waals surface area contributed by atoms with Crippen molar-refractivity contribution in [2.45, 2.75) is 20.5 Å². The van der Waals surface area contributed by atoms with Crippen molar-refractivity contribution in [1.29, 1.82) is 0 Å². The normalized spacial score (nSPS) is 15.2. The fourth-order valence-electron chi connectivity index (χ4n) is 2.00. The molecule has 1 aliphatic heterocycles. The second kappa shape index (κ2) is 5.13. The summed E-state index contributed by atoms with van der Waals surface area (Å²) in [6.45, 7) is 4.78. The SMILES string of the molecule is Cc1nc(COc2ccc3c(c2)OC/C3=N\O)sc1C. The first-order valence-corrected chi connectivity index (χ1v) is 7.03. The minimum absolute atomic E-state index is 0.292. The number of rotatable bonds is 3. The molecule has 0 radical (unpaired) electrons. The highest BCUT2D eigenvalue weighted by Gasteiger charge is 2.20. The molecular formula is C14H14N2O3S. The lowest BCUT2D eigenvalue weighted by atomic mass is 10.1. The van der Waals surface area contributed by atoms with Crippen molar-refractivity contribution in [2.75, 3.05) is 6.61 Å². The number of benzene rings is 1. The van der Waals surface area contributed by atoms with Crippen LogP contribution in [0.15, 0.2) is 23.4 Å². The number of ether oxygens (including phenoxy) is 2. The van der Waals surface area contributed by atoms with Gasteiger partial charge in [0.05, 0.1) is 5.69 Å². The van der Waals surface area contributed by atoms with Gasteiger partial charge in [-0.3, -0.25) is 0 Å². The van der Waals surface area contributed by atoms with E-state index in [1.54, 1.807) is 17.4 Å². The standard InChI is InChI=1S/C14H14N2O3S/c1-8-9(2)20-14(15-8)7-18-10-3-4-11-12(16-17)6-19-13(11)5-10/h3-5,17H,6-7H2,1-2H3/b16-12+. The van der Waals surface area contributed by atoms with Crippen LogP contribution in [0.4, 0.5) is 0 Å². The Morgan fingerprint density at radius 2 is 2.30 bits per heavy atom. The number of nitrogens with zero attached hydrogens (tertiary/aromatic N) is 2. The quantitative estimate of drug-likeness (QED) is 0.697. The van der Waals surface area contributed by atoms with Crippen LogP contribution in [0.1, 0.15) is 21.1 Å². The zero-order valence-electron chi connectivity index (χ0n) is 11.2. The van der Waals surface area contributed by atoms with Crippen molar-refractivity contribution in [3.63, 3.8) is 0 Å². The molecule has 0 aliphatic carbocycles. The third-order valence-electron chi connectivity index (χ3n) is 3.18. The zero-order chi connectivity index (χ0) is 14.1. The second-order valence-electron chi connectivity index (χ2n) is 4.53. The highest BCUT2D eigenvalue weighted by Crippen LogP contribution is 2.30. The molecule has 20 heavy (non-hydrogen) atoms. The summed E-state index contributed by atoms with van der Waals surface area (Å²) in [6, 6.07) is 5.48. The van der Waals surface area contributed by atoms with Gasteiger partial charge < -0.3 is 14.7 Å². The van der Waals surface area contributed by atoms with Gasteiger partial charge in [0.25, 0.3) is 0 Å². The number of hydrogen-bond acceptors (Lipinski definition) is 6. The van der Waals surface area contributed by atoms with Crippen LogP contribution >= 0.6 is 11.3 Å². The van der Waals surface area contributed by atoms with Gasteiger partial charge in [0.1, 0.15) is 35.4 Å². The van der Waals surface area contributed by atoms with E-state index in [1.807, 2.05) is 19.1 Å². The van der Waals surface area contributed by atoms with Crippen LogP contribution in [0.25, 0.3) is 0 Å². The first-order valence-electron chi connectivity index (χ1n) is 6.21. The highest BCUT2D eigenvalue weighted by atomic mass is 32.1. The van der Waals surface area contributed by atoms with Crippen molar-refractivity contribution in [1.82, 2.24) is 4.98 Å². The minimum atomic E-state index is 0.292. The van der Waals surface area contributed by atoms with Crippen molar-refractivity contribution in [3.05, 3.63) is 39.3 Å². The molecule has 2 heterocycles. The molecule has 1 aromatic heterocycles. The number of thiazole rings is 1. The predicted molar refractivity (Wildman–Crippen MR) is 76.2 cm³/mol. The summed E-state index contributed by atoms with van der Waals surface area (Å²) in [5.41, 5.74) is 2.40. The van der Waals surface area contributed by atoms with Crippen LogP contribution in [-0.2, 0) is 6.61 Å². The summed E-state index contributed by atoms with van der Waals surface area (Å²) >= 11 is 1.64. The highest BCUT2D eigenvalue weighted by molar-refractivity contribution is 7.11. The van der Waals surface area contributed by atoms with Crippen LogP contribution in [-0.4, -0.2) is 22.5 Å². The first-order chi connectivity index (χ1) is 9.67. The van der Waals surface area contributed by atoms with Crippen molar-refractivity contribution < 1.29 is 14.7 Å². The average Bonchev–Trinajstić information content (AvgIpc) is 3.00. The van der Waals surface area contributed by atoms with Crippen LogP contribution in [0.3, 0.4) is 0 Å². The number of aromatic nitrogens is 1. The van der Waals surface area contributed by atoms with Gasteiger partial charge >= 0.3 is 0 Å². The number of hydrogen-bond donors (Lipinski definition) is 1. The van der Waals surface area contributed by atoms with E-state index >= 15 is 0 Å². The van der Waals surface area contributed by atoms with E-state index in [0.717, 1.165) is 16.3 Å². The Morgan fingerprint density at radius 3 is 3.00 bits per heavy atom. The van der Waals surface area contributed by atoms with E-state index in [-0.39, 0.29) is 0 Å². The fraction of sp³-hybridized carbons (Fsp3) is 0.286. The summed E-state index contributed by atoms with van der Waals surface area (Å²) in [4.78, 5) is 5.65. The molecule has 0 saturated heterocycles. The smallest absolute Gasteiger partial charge is 0.140 e. The third kappa shape index (κ3) is 2.34. The van der Waals surface area contributed by atoms with Gasteiger partial charge in [0.15, 0.2) is 0 Å². The van der Waals surface area contributed by atoms with Crippen LogP contribution in [0.5, 0.6) is 11.5 Å². The molecule has 0 unspecified atom stereocenters. The van der Waals surface area contributed by atoms with Crippen LogP contribution in [0, 0.1) is 13.8 Å². The lowest BCUT2D eigenvalue weighted by Gasteiger charge is -2.05. The molecule has 0 atom stereocenters. The Hall–Kier alpha value is -2.08. The molecule has 0 spiro atoms. The van der Waals surface area contributed by atoms with E-state index < -0.39 is 0 Å². The number of aryl methyl sites for hydroxylation is 2. The topological polar surface area (TPSA) is 63.9 Å². The van der Waals surface area contributed by atoms with Gasteiger partial charge in [-0.05, 0) is 26.0 Å². The molecule has 0 amide bonds. The molecule has 0 bridgehead atoms. The van der Waals surface area contributed by atoms with Crippen molar-refractivity contribution in [2.24, 2.45) is 5.16 Å². The molecule has 0 fully saturated rings. The Morgan fingerprint density at radius 1 is 1.45 bits per heavy atom. The van der Waals surface area contributed by atoms with Gasteiger partial charge in [-0.25, -0.2) is 4.98 Å². The molecule has 1 N–H and O–H groups in total. The fourth-order valence-corrected chi connectivity index (χ4v) is 2.85. The largest absolute Gasteiger partial charge is 0.486 e. The summed E-state index contributed by atoms with van der Waals surface area (Å²) in [5, 5.41) is 13.0. The molecule has 5 nitrogen and oxygen atoms in total. The molecule has 2 aromatic rings. The van der Waals surface area contributed by atoms with Gasteiger partial charge in [0, 0.05) is 16.5 Å². The van der Waals surface area contributed by atoms with Gasteiger partial charge in [-0.15, -0.1) is 11.3 Å². The summed E-state index contributed by atoms with van der Waals surface area (Å²) < 4.78 is 11.2. The van der Waals surface area contributed by atoms with Crippen LogP contribution < -0.4 is 9.47 Å². The summed E-state index contributed by atoms with van der Waals surface area (Å²) in [6.07, 6.45) is 0. The first kappa shape index (κ1) is 12.9. The third-order valence-corrected chi connectivity index (χ3v) is 4.23. The lowest BCUT2D eigenvalue weighted by Crippen LogP contribution is -2.01. The Kier molecular flexibility index (Phi) is 3.31. The molecule has 1 aromatic carbocycles. The molecule has 0 saturated carbocycles. The maximum absolute atomic E-state index is 8.83. The molecule has 3 rings (SSSR count). The Labute approximate surface area is 120 Å². The van der Waals surface area contributed by atoms with Gasteiger partial charge in [-0.2, -0.15) is 0 Å². The molecule has 1 aliphatic rings. The molecule has 104 valence electrons. The van der Waals surface area contributed by atoms with Gasteiger partial charge in [-0.1, -0.05) is 5.16 Å². The van der Waals surface area contributed by atoms with E-state index in [9.17, 15) is 0 Å². The molecule has 6 heteroatoms. The maximum Gasteiger partial charge on any atom is 0.140 e. The average molecular weight is 290 g/mol. The van der Waals surface area contributed by atoms with Crippen molar-refractivity contribution in [3.8, 4) is 11.5 Å². The minimum Gasteiger partial charge on any atom is -0.486 e. The monoisotopic (exact) mass is 290 g/mol. The summed E-state index contributed by atoms with van der Waals surface area (Å²) in [5.74, 6) is 1.40. The summed E-state index contributed by atoms with van der Waals surface area (Å²) in [7, 11) is 0. The van der Waals surface area contributed by atoms with E-state index in [1.165, 1.54) is 4.88 Å². The number of oxime groups is 1. The zero-order valence-corrected chi connectivity index (χ0v) is 12.0. The van der Waals surface area contributed by atoms with E-state index in [4.69, 9.17) is 14.7 Å². The van der Waals surface area contributed by atoms with Crippen molar-refractivity contribution >= 4 is 17.0 Å². The van der Waals surface area contributed by atoms with Gasteiger partial charge in [0.2, 0.25) is 0 Å². The maximum atomic E-state index is 8.83. The predicted octanol–water partition coefficient (Wildman–Crippen LogP) is 2.91. The second-order valence-corrected chi connectivity index (χ2v) is 5.82.